The van der Waals surface area contributed by atoms with E-state index in [0.717, 1.165) is 16.9 Å². The molecule has 0 heterocycles. The molecule has 0 unspecified atom stereocenters. The lowest BCUT2D eigenvalue weighted by molar-refractivity contribution is -0.136. The molecule has 0 aliphatic carbocycles. The molecule has 6 nitrogen and oxygen atoms in total. The van der Waals surface area contributed by atoms with Gasteiger partial charge in [0.25, 0.3) is 0 Å². The fraction of sp³-hybridized carbons (Fsp3) is 0.222. The number of anilines is 1. The predicted molar refractivity (Wildman–Crippen MR) is 91.2 cm³/mol. The molecule has 0 aliphatic heterocycles. The summed E-state index contributed by atoms with van der Waals surface area (Å²) in [6.45, 7) is 2.09. The van der Waals surface area contributed by atoms with Crippen LogP contribution in [-0.2, 0) is 16.1 Å². The second-order valence-electron chi connectivity index (χ2n) is 5.17. The van der Waals surface area contributed by atoms with Gasteiger partial charge in [-0.3, -0.25) is 9.59 Å². The molecule has 0 fully saturated rings. The van der Waals surface area contributed by atoms with E-state index in [1.54, 1.807) is 44.6 Å². The number of ether oxygens (including phenoxy) is 2. The lowest BCUT2D eigenvalue weighted by Crippen LogP contribution is -2.35. The van der Waals surface area contributed by atoms with E-state index in [1.807, 2.05) is 19.1 Å². The summed E-state index contributed by atoms with van der Waals surface area (Å²) in [5, 5.41) is 5.17. The highest BCUT2D eigenvalue weighted by molar-refractivity contribution is 6.39. The Balaban J connectivity index is 1.91. The highest BCUT2D eigenvalue weighted by atomic mass is 16.5. The average molecular weight is 328 g/mol. The maximum Gasteiger partial charge on any atom is 0.313 e. The molecule has 0 saturated carbocycles. The fourth-order valence-electron chi connectivity index (χ4n) is 2.09. The van der Waals surface area contributed by atoms with Crippen LogP contribution in [0, 0.1) is 6.92 Å². The predicted octanol–water partition coefficient (Wildman–Crippen LogP) is 2.27. The van der Waals surface area contributed by atoms with Crippen LogP contribution in [0.5, 0.6) is 11.5 Å². The zero-order valence-electron chi connectivity index (χ0n) is 13.9. The number of amides is 2. The Morgan fingerprint density at radius 3 is 2.12 bits per heavy atom. The quantitative estimate of drug-likeness (QED) is 0.826. The second-order valence-corrected chi connectivity index (χ2v) is 5.17. The third kappa shape index (κ3) is 4.49. The van der Waals surface area contributed by atoms with Crippen LogP contribution >= 0.6 is 0 Å². The number of carbonyl (C=O) groups excluding carboxylic acids is 2. The van der Waals surface area contributed by atoms with Crippen molar-refractivity contribution in [2.45, 2.75) is 13.5 Å². The molecule has 2 aromatic rings. The maximum absolute atomic E-state index is 12.0. The lowest BCUT2D eigenvalue weighted by Gasteiger charge is -2.10. The van der Waals surface area contributed by atoms with Crippen LogP contribution in [0.1, 0.15) is 11.1 Å². The van der Waals surface area contributed by atoms with E-state index in [9.17, 15) is 9.59 Å². The molecule has 2 amide bonds. The Hall–Kier alpha value is -3.02. The Morgan fingerprint density at radius 2 is 1.54 bits per heavy atom. The van der Waals surface area contributed by atoms with Gasteiger partial charge in [0.15, 0.2) is 0 Å². The highest BCUT2D eigenvalue weighted by Gasteiger charge is 2.14. The van der Waals surface area contributed by atoms with E-state index in [-0.39, 0.29) is 6.54 Å². The van der Waals surface area contributed by atoms with Gasteiger partial charge in [-0.15, -0.1) is 0 Å². The summed E-state index contributed by atoms with van der Waals surface area (Å²) in [6, 6.07) is 12.4. The number of hydrogen-bond donors (Lipinski definition) is 2. The molecule has 6 heteroatoms. The summed E-state index contributed by atoms with van der Waals surface area (Å²) in [7, 11) is 3.15. The van der Waals surface area contributed by atoms with Gasteiger partial charge in [-0.2, -0.15) is 0 Å². The standard InChI is InChI=1S/C18H20N2O4/c1-12-10-15(24-3)8-9-16(12)20-18(22)17(21)19-11-13-4-6-14(23-2)7-5-13/h4-10H,11H2,1-3H3,(H,19,21)(H,20,22). The molecule has 2 aromatic carbocycles. The van der Waals surface area contributed by atoms with E-state index in [1.165, 1.54) is 0 Å². The van der Waals surface area contributed by atoms with Crippen molar-refractivity contribution in [3.8, 4) is 11.5 Å². The third-order valence-electron chi connectivity index (χ3n) is 3.50. The van der Waals surface area contributed by atoms with Crippen LogP contribution in [0.4, 0.5) is 5.69 Å². The van der Waals surface area contributed by atoms with Gasteiger partial charge in [-0.05, 0) is 48.4 Å². The zero-order valence-corrected chi connectivity index (χ0v) is 13.9. The summed E-state index contributed by atoms with van der Waals surface area (Å²) in [5.41, 5.74) is 2.25. The SMILES string of the molecule is COc1ccc(CNC(=O)C(=O)Nc2ccc(OC)cc2C)cc1. The molecular formula is C18H20N2O4. The molecule has 0 aliphatic rings. The summed E-state index contributed by atoms with van der Waals surface area (Å²) < 4.78 is 10.2. The van der Waals surface area contributed by atoms with Gasteiger partial charge in [0.05, 0.1) is 14.2 Å². The zero-order chi connectivity index (χ0) is 17.5. The van der Waals surface area contributed by atoms with Gasteiger partial charge in [-0.1, -0.05) is 12.1 Å². The first-order valence-corrected chi connectivity index (χ1v) is 7.40. The van der Waals surface area contributed by atoms with E-state index >= 15 is 0 Å². The van der Waals surface area contributed by atoms with Crippen LogP contribution < -0.4 is 20.1 Å². The van der Waals surface area contributed by atoms with E-state index < -0.39 is 11.8 Å². The summed E-state index contributed by atoms with van der Waals surface area (Å²) in [4.78, 5) is 23.9. The number of nitrogens with one attached hydrogen (secondary N) is 2. The van der Waals surface area contributed by atoms with Crippen LogP contribution in [0.2, 0.25) is 0 Å². The van der Waals surface area contributed by atoms with Crippen molar-refractivity contribution in [2.24, 2.45) is 0 Å². The first-order valence-electron chi connectivity index (χ1n) is 7.40. The number of carbonyl (C=O) groups is 2. The van der Waals surface area contributed by atoms with Crippen molar-refractivity contribution in [3.63, 3.8) is 0 Å². The Labute approximate surface area is 140 Å². The molecular weight excluding hydrogens is 308 g/mol. The van der Waals surface area contributed by atoms with Crippen LogP contribution in [0.25, 0.3) is 0 Å². The van der Waals surface area contributed by atoms with Crippen molar-refractivity contribution < 1.29 is 19.1 Å². The maximum atomic E-state index is 12.0. The van der Waals surface area contributed by atoms with Gasteiger partial charge in [-0.25, -0.2) is 0 Å². The number of benzene rings is 2. The first kappa shape index (κ1) is 17.3. The number of hydrogen-bond acceptors (Lipinski definition) is 4. The lowest BCUT2D eigenvalue weighted by atomic mass is 10.2. The summed E-state index contributed by atoms with van der Waals surface area (Å²) >= 11 is 0. The number of rotatable bonds is 5. The van der Waals surface area contributed by atoms with Crippen molar-refractivity contribution in [3.05, 3.63) is 53.6 Å². The van der Waals surface area contributed by atoms with Crippen molar-refractivity contribution in [1.29, 1.82) is 0 Å². The highest BCUT2D eigenvalue weighted by Crippen LogP contribution is 2.20. The normalized spacial score (nSPS) is 9.96. The average Bonchev–Trinajstić information content (AvgIpc) is 2.61. The molecule has 126 valence electrons. The minimum atomic E-state index is -0.711. The van der Waals surface area contributed by atoms with Crippen LogP contribution in [0.3, 0.4) is 0 Å². The molecule has 0 saturated heterocycles. The van der Waals surface area contributed by atoms with Crippen molar-refractivity contribution >= 4 is 17.5 Å². The van der Waals surface area contributed by atoms with Crippen LogP contribution in [-0.4, -0.2) is 26.0 Å². The molecule has 0 atom stereocenters. The van der Waals surface area contributed by atoms with Gasteiger partial charge in [0.2, 0.25) is 0 Å². The minimum Gasteiger partial charge on any atom is -0.497 e. The second kappa shape index (κ2) is 8.01. The number of methoxy groups -OCH3 is 2. The number of aryl methyl sites for hydroxylation is 1. The Kier molecular flexibility index (Phi) is 5.78. The minimum absolute atomic E-state index is 0.262. The van der Waals surface area contributed by atoms with E-state index in [2.05, 4.69) is 10.6 Å². The molecule has 0 spiro atoms. The topological polar surface area (TPSA) is 76.7 Å². The smallest absolute Gasteiger partial charge is 0.313 e. The van der Waals surface area contributed by atoms with Gasteiger partial charge in [0.1, 0.15) is 11.5 Å². The van der Waals surface area contributed by atoms with Crippen molar-refractivity contribution in [2.75, 3.05) is 19.5 Å². The monoisotopic (exact) mass is 328 g/mol. The molecule has 0 aromatic heterocycles. The molecule has 2 N–H and O–H groups in total. The van der Waals surface area contributed by atoms with Gasteiger partial charge >= 0.3 is 11.8 Å². The molecule has 0 bridgehead atoms. The molecule has 24 heavy (non-hydrogen) atoms. The largest absolute Gasteiger partial charge is 0.497 e. The first-order chi connectivity index (χ1) is 11.5. The van der Waals surface area contributed by atoms with Crippen LogP contribution in [0.15, 0.2) is 42.5 Å². The van der Waals surface area contributed by atoms with E-state index in [4.69, 9.17) is 9.47 Å². The van der Waals surface area contributed by atoms with Gasteiger partial charge < -0.3 is 20.1 Å². The summed E-state index contributed by atoms with van der Waals surface area (Å²) in [6.07, 6.45) is 0. The van der Waals surface area contributed by atoms with Crippen molar-refractivity contribution in [1.82, 2.24) is 5.32 Å². The Morgan fingerprint density at radius 1 is 0.917 bits per heavy atom. The molecule has 0 radical (unpaired) electrons. The summed E-state index contributed by atoms with van der Waals surface area (Å²) in [5.74, 6) is 0.0186. The van der Waals surface area contributed by atoms with E-state index in [0.29, 0.717) is 11.4 Å². The van der Waals surface area contributed by atoms with Gasteiger partial charge in [0, 0.05) is 12.2 Å². The fourth-order valence-corrected chi connectivity index (χ4v) is 2.09. The Bertz CT molecular complexity index is 726. The molecule has 2 rings (SSSR count). The third-order valence-corrected chi connectivity index (χ3v) is 3.50.